The van der Waals surface area contributed by atoms with Crippen LogP contribution in [0.3, 0.4) is 0 Å². The fourth-order valence-corrected chi connectivity index (χ4v) is 4.24. The van der Waals surface area contributed by atoms with Crippen LogP contribution < -0.4 is 4.74 Å². The van der Waals surface area contributed by atoms with E-state index in [4.69, 9.17) is 13.9 Å². The molecule has 0 aliphatic carbocycles. The predicted octanol–water partition coefficient (Wildman–Crippen LogP) is 3.13. The molecule has 0 bridgehead atoms. The highest BCUT2D eigenvalue weighted by Gasteiger charge is 2.43. The Morgan fingerprint density at radius 2 is 2.19 bits per heavy atom. The molecular weight excluding hydrogens is 361 g/mol. The summed E-state index contributed by atoms with van der Waals surface area (Å²) in [4.78, 5) is 26.1. The summed E-state index contributed by atoms with van der Waals surface area (Å²) in [6.45, 7) is 1.26. The lowest BCUT2D eigenvalue weighted by Gasteiger charge is -2.25. The number of carbonyl (C=O) groups excluding carboxylic acids is 2. The molecule has 1 amide bonds. The topological polar surface area (TPSA) is 69.0 Å². The van der Waals surface area contributed by atoms with Gasteiger partial charge in [0.25, 0.3) is 0 Å². The first-order valence-corrected chi connectivity index (χ1v) is 8.99. The van der Waals surface area contributed by atoms with Gasteiger partial charge in [0.2, 0.25) is 5.91 Å². The van der Waals surface area contributed by atoms with Crippen molar-refractivity contribution in [2.75, 3.05) is 12.9 Å². The molecule has 138 valence electrons. The molecule has 1 aliphatic heterocycles. The zero-order chi connectivity index (χ0) is 18.7. The van der Waals surface area contributed by atoms with E-state index in [0.717, 1.165) is 0 Å². The second-order valence-electron chi connectivity index (χ2n) is 5.71. The minimum absolute atomic E-state index is 0.141. The van der Waals surface area contributed by atoms with Crippen molar-refractivity contribution in [2.24, 2.45) is 0 Å². The van der Waals surface area contributed by atoms with Crippen molar-refractivity contribution >= 4 is 23.6 Å². The summed E-state index contributed by atoms with van der Waals surface area (Å²) in [5, 5.41) is -0.372. The summed E-state index contributed by atoms with van der Waals surface area (Å²) in [6, 6.07) is 6.76. The molecule has 0 N–H and O–H groups in total. The van der Waals surface area contributed by atoms with Crippen LogP contribution in [-0.2, 0) is 20.9 Å². The Labute approximate surface area is 154 Å². The van der Waals surface area contributed by atoms with Crippen molar-refractivity contribution in [1.29, 1.82) is 0 Å². The Morgan fingerprint density at radius 3 is 2.85 bits per heavy atom. The van der Waals surface area contributed by atoms with Crippen molar-refractivity contribution in [2.45, 2.75) is 24.9 Å². The van der Waals surface area contributed by atoms with E-state index in [-0.39, 0.29) is 17.9 Å². The Balaban J connectivity index is 1.71. The van der Waals surface area contributed by atoms with E-state index in [2.05, 4.69) is 0 Å². The number of thioether (sulfide) groups is 1. The quantitative estimate of drug-likeness (QED) is 0.744. The predicted molar refractivity (Wildman–Crippen MR) is 93.0 cm³/mol. The highest BCUT2D eigenvalue weighted by molar-refractivity contribution is 7.99. The average molecular weight is 379 g/mol. The van der Waals surface area contributed by atoms with E-state index in [1.54, 1.807) is 12.1 Å². The average Bonchev–Trinajstić information content (AvgIpc) is 3.28. The highest BCUT2D eigenvalue weighted by atomic mass is 32.2. The highest BCUT2D eigenvalue weighted by Crippen LogP contribution is 2.41. The second-order valence-corrected chi connectivity index (χ2v) is 6.82. The SMILES string of the molecule is COc1ccc(F)cc1COC(=O)[C@H]1CS[C@@H](c2ccco2)N1C(C)=O. The summed E-state index contributed by atoms with van der Waals surface area (Å²) in [5.74, 6) is 0.180. The number of esters is 1. The smallest absolute Gasteiger partial charge is 0.330 e. The van der Waals surface area contributed by atoms with Gasteiger partial charge >= 0.3 is 5.97 Å². The van der Waals surface area contributed by atoms with E-state index >= 15 is 0 Å². The molecule has 8 heteroatoms. The zero-order valence-electron chi connectivity index (χ0n) is 14.3. The van der Waals surface area contributed by atoms with Gasteiger partial charge in [-0.15, -0.1) is 11.8 Å². The van der Waals surface area contributed by atoms with Crippen LogP contribution in [0.25, 0.3) is 0 Å². The zero-order valence-corrected chi connectivity index (χ0v) is 15.1. The maximum atomic E-state index is 13.4. The van der Waals surface area contributed by atoms with Gasteiger partial charge in [-0.3, -0.25) is 4.79 Å². The van der Waals surface area contributed by atoms with Crippen molar-refractivity contribution in [1.82, 2.24) is 4.90 Å². The van der Waals surface area contributed by atoms with Crippen molar-refractivity contribution in [3.05, 3.63) is 53.7 Å². The number of rotatable bonds is 5. The number of methoxy groups -OCH3 is 1. The van der Waals surface area contributed by atoms with Crippen molar-refractivity contribution in [3.8, 4) is 5.75 Å². The third-order valence-corrected chi connectivity index (χ3v) is 5.32. The van der Waals surface area contributed by atoms with Crippen molar-refractivity contribution < 1.29 is 27.9 Å². The monoisotopic (exact) mass is 379 g/mol. The molecule has 1 saturated heterocycles. The largest absolute Gasteiger partial charge is 0.496 e. The molecule has 26 heavy (non-hydrogen) atoms. The van der Waals surface area contributed by atoms with Crippen LogP contribution in [0.15, 0.2) is 41.0 Å². The van der Waals surface area contributed by atoms with Crippen LogP contribution in [0.4, 0.5) is 4.39 Å². The molecule has 1 aliphatic rings. The molecule has 1 aromatic heterocycles. The number of hydrogen-bond acceptors (Lipinski definition) is 6. The molecule has 2 heterocycles. The number of ether oxygens (including phenoxy) is 2. The lowest BCUT2D eigenvalue weighted by atomic mass is 10.2. The number of benzene rings is 1. The van der Waals surface area contributed by atoms with Crippen LogP contribution in [0.1, 0.15) is 23.6 Å². The van der Waals surface area contributed by atoms with Crippen LogP contribution >= 0.6 is 11.8 Å². The third-order valence-electron chi connectivity index (χ3n) is 4.04. The molecular formula is C18H18FNO5S. The van der Waals surface area contributed by atoms with E-state index < -0.39 is 17.8 Å². The van der Waals surface area contributed by atoms with Gasteiger partial charge in [-0.2, -0.15) is 0 Å². The van der Waals surface area contributed by atoms with Crippen LogP contribution in [-0.4, -0.2) is 35.7 Å². The molecule has 0 spiro atoms. The Hall–Kier alpha value is -2.48. The molecule has 0 saturated carbocycles. The van der Waals surface area contributed by atoms with Gasteiger partial charge in [0.15, 0.2) is 0 Å². The molecule has 2 atom stereocenters. The maximum Gasteiger partial charge on any atom is 0.330 e. The van der Waals surface area contributed by atoms with Gasteiger partial charge in [-0.1, -0.05) is 0 Å². The van der Waals surface area contributed by atoms with Gasteiger partial charge in [0.05, 0.1) is 13.4 Å². The number of nitrogens with zero attached hydrogens (tertiary/aromatic N) is 1. The first-order chi connectivity index (χ1) is 12.5. The molecule has 3 rings (SSSR count). The number of halogens is 1. The Kier molecular flexibility index (Phi) is 5.51. The molecule has 6 nitrogen and oxygen atoms in total. The summed E-state index contributed by atoms with van der Waals surface area (Å²) in [7, 11) is 1.46. The number of carbonyl (C=O) groups is 2. The van der Waals surface area contributed by atoms with E-state index in [1.165, 1.54) is 55.2 Å². The third kappa shape index (κ3) is 3.70. The molecule has 1 fully saturated rings. The molecule has 2 aromatic rings. The van der Waals surface area contributed by atoms with Crippen LogP contribution in [0, 0.1) is 5.82 Å². The number of furan rings is 1. The normalized spacial score (nSPS) is 19.4. The van der Waals surface area contributed by atoms with Gasteiger partial charge in [0, 0.05) is 18.2 Å². The first kappa shape index (κ1) is 18.3. The van der Waals surface area contributed by atoms with E-state index in [1.807, 2.05) is 0 Å². The minimum Gasteiger partial charge on any atom is -0.496 e. The number of hydrogen-bond donors (Lipinski definition) is 0. The second kappa shape index (κ2) is 7.82. The summed E-state index contributed by atoms with van der Waals surface area (Å²) in [5.41, 5.74) is 0.420. The van der Waals surface area contributed by atoms with E-state index in [9.17, 15) is 14.0 Å². The van der Waals surface area contributed by atoms with Crippen LogP contribution in [0.5, 0.6) is 5.75 Å². The molecule has 0 unspecified atom stereocenters. The summed E-state index contributed by atoms with van der Waals surface area (Å²) in [6.07, 6.45) is 1.52. The van der Waals surface area contributed by atoms with Gasteiger partial charge in [-0.25, -0.2) is 9.18 Å². The Bertz CT molecular complexity index is 795. The summed E-state index contributed by atoms with van der Waals surface area (Å²) < 4.78 is 29.3. The van der Waals surface area contributed by atoms with Crippen molar-refractivity contribution in [3.63, 3.8) is 0 Å². The molecule has 0 radical (unpaired) electrons. The lowest BCUT2D eigenvalue weighted by Crippen LogP contribution is -2.42. The van der Waals surface area contributed by atoms with Crippen LogP contribution in [0.2, 0.25) is 0 Å². The molecule has 1 aromatic carbocycles. The standard InChI is InChI=1S/C18H18FNO5S/c1-11(21)20-14(10-26-17(20)16-4-3-7-24-16)18(22)25-9-12-8-13(19)5-6-15(12)23-2/h3-8,14,17H,9-10H2,1-2H3/t14-,17+/m1/s1. The van der Waals surface area contributed by atoms with E-state index in [0.29, 0.717) is 22.8 Å². The van der Waals surface area contributed by atoms with Gasteiger partial charge in [0.1, 0.15) is 35.3 Å². The summed E-state index contributed by atoms with van der Waals surface area (Å²) >= 11 is 1.43. The fraction of sp³-hybridized carbons (Fsp3) is 0.333. The first-order valence-electron chi connectivity index (χ1n) is 7.94. The maximum absolute atomic E-state index is 13.4. The lowest BCUT2D eigenvalue weighted by molar-refractivity contribution is -0.154. The number of amides is 1. The Morgan fingerprint density at radius 1 is 1.38 bits per heavy atom. The fourth-order valence-electron chi connectivity index (χ4n) is 2.83. The van der Waals surface area contributed by atoms with Gasteiger partial charge in [-0.05, 0) is 30.3 Å². The van der Waals surface area contributed by atoms with Gasteiger partial charge < -0.3 is 18.8 Å². The minimum atomic E-state index is -0.729.